The van der Waals surface area contributed by atoms with E-state index in [2.05, 4.69) is 13.5 Å². The monoisotopic (exact) mass is 250 g/mol. The van der Waals surface area contributed by atoms with E-state index in [-0.39, 0.29) is 16.9 Å². The van der Waals surface area contributed by atoms with E-state index in [1.165, 1.54) is 19.3 Å². The van der Waals surface area contributed by atoms with Crippen LogP contribution < -0.4 is 0 Å². The van der Waals surface area contributed by atoms with Gasteiger partial charge in [-0.05, 0) is 43.4 Å². The molecular formula is C15H22O3. The lowest BCUT2D eigenvalue weighted by Gasteiger charge is -2.65. The topological polar surface area (TPSA) is 46.5 Å². The van der Waals surface area contributed by atoms with Gasteiger partial charge in [0.2, 0.25) is 0 Å². The number of hydrogen-bond donors (Lipinski definition) is 1. The highest BCUT2D eigenvalue weighted by Crippen LogP contribution is 2.63. The first kappa shape index (κ1) is 12.2. The standard InChI is InChI=1S/C15H22O3/c1-10(13(16)17)11-5-7-14(2)6-3-4-12-9-18-15(12,14)8-11/h11-12H,1,3-9H2,2H3,(H,16,17)/t11-,12+,14-,15-/m1/s1. The summed E-state index contributed by atoms with van der Waals surface area (Å²) in [5.41, 5.74) is 0.613. The van der Waals surface area contributed by atoms with Gasteiger partial charge >= 0.3 is 5.97 Å². The summed E-state index contributed by atoms with van der Waals surface area (Å²) in [7, 11) is 0. The van der Waals surface area contributed by atoms with E-state index in [4.69, 9.17) is 9.84 Å². The van der Waals surface area contributed by atoms with Gasteiger partial charge in [0.15, 0.2) is 0 Å². The van der Waals surface area contributed by atoms with Crippen molar-refractivity contribution in [3.05, 3.63) is 12.2 Å². The average molecular weight is 250 g/mol. The van der Waals surface area contributed by atoms with Gasteiger partial charge in [-0.1, -0.05) is 19.9 Å². The number of carboxylic acid groups (broad SMARTS) is 1. The SMILES string of the molecule is C=C(C(=O)O)[C@@H]1CC[C@@]2(C)CCC[C@H]3CO[C@]32C1. The molecule has 18 heavy (non-hydrogen) atoms. The van der Waals surface area contributed by atoms with Gasteiger partial charge in [0.05, 0.1) is 12.2 Å². The van der Waals surface area contributed by atoms with Crippen LogP contribution in [0.3, 0.4) is 0 Å². The Morgan fingerprint density at radius 3 is 2.78 bits per heavy atom. The summed E-state index contributed by atoms with van der Waals surface area (Å²) in [6, 6.07) is 0. The molecule has 1 spiro atoms. The highest BCUT2D eigenvalue weighted by atomic mass is 16.5. The van der Waals surface area contributed by atoms with E-state index < -0.39 is 5.97 Å². The van der Waals surface area contributed by atoms with Crippen LogP contribution >= 0.6 is 0 Å². The van der Waals surface area contributed by atoms with Gasteiger partial charge in [0.25, 0.3) is 0 Å². The lowest BCUT2D eigenvalue weighted by Crippen LogP contribution is -2.67. The van der Waals surface area contributed by atoms with Gasteiger partial charge in [-0.25, -0.2) is 4.79 Å². The number of hydrogen-bond acceptors (Lipinski definition) is 2. The molecule has 2 saturated carbocycles. The van der Waals surface area contributed by atoms with Crippen LogP contribution in [0.15, 0.2) is 12.2 Å². The van der Waals surface area contributed by atoms with Crippen molar-refractivity contribution >= 4 is 5.97 Å². The van der Waals surface area contributed by atoms with Crippen molar-refractivity contribution in [1.29, 1.82) is 0 Å². The van der Waals surface area contributed by atoms with Crippen molar-refractivity contribution in [3.63, 3.8) is 0 Å². The maximum Gasteiger partial charge on any atom is 0.331 e. The minimum absolute atomic E-state index is 0.0352. The smallest absolute Gasteiger partial charge is 0.331 e. The Hall–Kier alpha value is -0.830. The lowest BCUT2D eigenvalue weighted by molar-refractivity contribution is -0.300. The minimum atomic E-state index is -0.841. The molecule has 0 aromatic carbocycles. The van der Waals surface area contributed by atoms with Crippen molar-refractivity contribution in [3.8, 4) is 0 Å². The molecule has 3 heteroatoms. The van der Waals surface area contributed by atoms with Crippen LogP contribution in [0, 0.1) is 17.3 Å². The minimum Gasteiger partial charge on any atom is -0.478 e. The summed E-state index contributed by atoms with van der Waals surface area (Å²) in [6.07, 6.45) is 6.70. The van der Waals surface area contributed by atoms with Crippen molar-refractivity contribution < 1.29 is 14.6 Å². The highest BCUT2D eigenvalue weighted by molar-refractivity contribution is 5.86. The summed E-state index contributed by atoms with van der Waals surface area (Å²) in [4.78, 5) is 11.1. The third-order valence-electron chi connectivity index (χ3n) is 5.87. The zero-order valence-corrected chi connectivity index (χ0v) is 11.1. The number of ether oxygens (including phenoxy) is 1. The molecule has 0 radical (unpaired) electrons. The fraction of sp³-hybridized carbons (Fsp3) is 0.800. The molecule has 1 heterocycles. The van der Waals surface area contributed by atoms with Gasteiger partial charge in [0, 0.05) is 11.5 Å². The van der Waals surface area contributed by atoms with Crippen LogP contribution in [0.1, 0.15) is 45.4 Å². The van der Waals surface area contributed by atoms with Crippen molar-refractivity contribution in [1.82, 2.24) is 0 Å². The zero-order valence-electron chi connectivity index (χ0n) is 11.1. The first-order valence-electron chi connectivity index (χ1n) is 7.05. The van der Waals surface area contributed by atoms with Crippen LogP contribution in [0.25, 0.3) is 0 Å². The second-order valence-corrected chi connectivity index (χ2v) is 6.62. The molecule has 1 aliphatic heterocycles. The molecule has 1 saturated heterocycles. The van der Waals surface area contributed by atoms with E-state index in [9.17, 15) is 4.79 Å². The Bertz CT molecular complexity index is 403. The quantitative estimate of drug-likeness (QED) is 0.766. The summed E-state index contributed by atoms with van der Waals surface area (Å²) >= 11 is 0. The average Bonchev–Trinajstić information content (AvgIpc) is 2.31. The van der Waals surface area contributed by atoms with Gasteiger partial charge in [-0.3, -0.25) is 0 Å². The molecule has 100 valence electrons. The molecule has 0 aromatic rings. The van der Waals surface area contributed by atoms with Gasteiger partial charge < -0.3 is 9.84 Å². The number of carbonyl (C=O) groups is 1. The van der Waals surface area contributed by atoms with E-state index in [1.807, 2.05) is 0 Å². The zero-order chi connectivity index (χ0) is 13.0. The first-order chi connectivity index (χ1) is 8.48. The van der Waals surface area contributed by atoms with Crippen molar-refractivity contribution in [2.45, 2.75) is 51.0 Å². The Morgan fingerprint density at radius 2 is 2.17 bits per heavy atom. The predicted octanol–water partition coefficient (Wildman–Crippen LogP) is 3.00. The Morgan fingerprint density at radius 1 is 1.39 bits per heavy atom. The van der Waals surface area contributed by atoms with E-state index in [0.717, 1.165) is 25.9 Å². The Kier molecular flexibility index (Phi) is 2.60. The van der Waals surface area contributed by atoms with Crippen LogP contribution in [0.5, 0.6) is 0 Å². The summed E-state index contributed by atoms with van der Waals surface area (Å²) in [6.45, 7) is 6.99. The van der Waals surface area contributed by atoms with Gasteiger partial charge in [-0.2, -0.15) is 0 Å². The maximum absolute atomic E-state index is 11.1. The Balaban J connectivity index is 1.85. The fourth-order valence-electron chi connectivity index (χ4n) is 4.58. The summed E-state index contributed by atoms with van der Waals surface area (Å²) in [5.74, 6) is -0.0798. The third-order valence-corrected chi connectivity index (χ3v) is 5.87. The molecule has 0 aromatic heterocycles. The predicted molar refractivity (Wildman–Crippen MR) is 68.2 cm³/mol. The molecule has 4 atom stereocenters. The molecule has 0 bridgehead atoms. The normalized spacial score (nSPS) is 46.5. The van der Waals surface area contributed by atoms with Crippen LogP contribution in [0.4, 0.5) is 0 Å². The van der Waals surface area contributed by atoms with Crippen LogP contribution in [-0.4, -0.2) is 23.3 Å². The largest absolute Gasteiger partial charge is 0.478 e. The second kappa shape index (κ2) is 3.83. The van der Waals surface area contributed by atoms with E-state index >= 15 is 0 Å². The number of aliphatic carboxylic acids is 1. The molecule has 0 amide bonds. The first-order valence-corrected chi connectivity index (χ1v) is 7.05. The molecule has 3 nitrogen and oxygen atoms in total. The molecule has 2 aliphatic carbocycles. The van der Waals surface area contributed by atoms with Crippen molar-refractivity contribution in [2.75, 3.05) is 6.61 Å². The van der Waals surface area contributed by atoms with Gasteiger partial charge in [-0.15, -0.1) is 0 Å². The molecule has 1 N–H and O–H groups in total. The van der Waals surface area contributed by atoms with Gasteiger partial charge in [0.1, 0.15) is 0 Å². The molecule has 3 aliphatic rings. The molecular weight excluding hydrogens is 228 g/mol. The summed E-state index contributed by atoms with van der Waals surface area (Å²) in [5, 5.41) is 9.12. The maximum atomic E-state index is 11.1. The van der Waals surface area contributed by atoms with Crippen molar-refractivity contribution in [2.24, 2.45) is 17.3 Å². The second-order valence-electron chi connectivity index (χ2n) is 6.62. The highest BCUT2D eigenvalue weighted by Gasteiger charge is 2.63. The summed E-state index contributed by atoms with van der Waals surface area (Å²) < 4.78 is 6.06. The molecule has 0 unspecified atom stereocenters. The number of rotatable bonds is 2. The third kappa shape index (κ3) is 1.43. The van der Waals surface area contributed by atoms with E-state index in [1.54, 1.807) is 0 Å². The van der Waals surface area contributed by atoms with E-state index in [0.29, 0.717) is 11.5 Å². The number of carboxylic acids is 1. The molecule has 3 fully saturated rings. The Labute approximate surface area is 108 Å². The van der Waals surface area contributed by atoms with Crippen LogP contribution in [-0.2, 0) is 9.53 Å². The van der Waals surface area contributed by atoms with Crippen LogP contribution in [0.2, 0.25) is 0 Å². The fourth-order valence-corrected chi connectivity index (χ4v) is 4.58. The lowest BCUT2D eigenvalue weighted by atomic mass is 9.49. The molecule has 3 rings (SSSR count).